The molecule has 26 heavy (non-hydrogen) atoms. The van der Waals surface area contributed by atoms with Gasteiger partial charge in [-0.1, -0.05) is 25.5 Å². The zero-order valence-corrected chi connectivity index (χ0v) is 16.1. The molecule has 0 bridgehead atoms. The topological polar surface area (TPSA) is 62.5 Å². The summed E-state index contributed by atoms with van der Waals surface area (Å²) >= 11 is 0. The van der Waals surface area contributed by atoms with Crippen molar-refractivity contribution in [3.8, 4) is 6.07 Å². The highest BCUT2D eigenvalue weighted by atomic mass is 16.7. The Morgan fingerprint density at radius 3 is 2.54 bits per heavy atom. The first-order valence-corrected chi connectivity index (χ1v) is 10.5. The Morgan fingerprint density at radius 2 is 1.81 bits per heavy atom. The molecule has 0 aromatic heterocycles. The quantitative estimate of drug-likeness (QED) is 0.527. The molecule has 5 rings (SSSR count). The fraction of sp³-hybridized carbons (Fsp3) is 0.864. The maximum absolute atomic E-state index is 11.0. The molecule has 0 amide bonds. The second-order valence-corrected chi connectivity index (χ2v) is 10.0. The van der Waals surface area contributed by atoms with Crippen LogP contribution in [0.1, 0.15) is 65.2 Å². The second kappa shape index (κ2) is 5.34. The van der Waals surface area contributed by atoms with Gasteiger partial charge in [0.1, 0.15) is 0 Å². The van der Waals surface area contributed by atoms with Gasteiger partial charge >= 0.3 is 0 Å². The van der Waals surface area contributed by atoms with Crippen molar-refractivity contribution < 1.29 is 14.6 Å². The molecule has 4 nitrogen and oxygen atoms in total. The number of nitrogens with zero attached hydrogens (tertiary/aromatic N) is 1. The molecule has 1 spiro atoms. The van der Waals surface area contributed by atoms with Crippen molar-refractivity contribution in [3.63, 3.8) is 0 Å². The lowest BCUT2D eigenvalue weighted by Crippen LogP contribution is -2.55. The lowest BCUT2D eigenvalue weighted by Gasteiger charge is -2.59. The molecule has 1 aliphatic heterocycles. The third kappa shape index (κ3) is 2.00. The van der Waals surface area contributed by atoms with Gasteiger partial charge in [-0.25, -0.2) is 0 Å². The van der Waals surface area contributed by atoms with Gasteiger partial charge in [0.15, 0.2) is 11.4 Å². The van der Waals surface area contributed by atoms with Crippen LogP contribution in [0, 0.1) is 39.9 Å². The highest BCUT2D eigenvalue weighted by Gasteiger charge is 2.64. The second-order valence-electron chi connectivity index (χ2n) is 10.0. The van der Waals surface area contributed by atoms with E-state index in [-0.39, 0.29) is 16.6 Å². The van der Waals surface area contributed by atoms with Crippen LogP contribution in [-0.4, -0.2) is 29.7 Å². The van der Waals surface area contributed by atoms with Gasteiger partial charge in [0.2, 0.25) is 0 Å². The first-order chi connectivity index (χ1) is 12.4. The van der Waals surface area contributed by atoms with Crippen LogP contribution in [0.25, 0.3) is 0 Å². The molecule has 1 saturated heterocycles. The number of aliphatic hydroxyl groups is 1. The molecule has 3 saturated carbocycles. The van der Waals surface area contributed by atoms with E-state index < -0.39 is 5.60 Å². The van der Waals surface area contributed by atoms with Gasteiger partial charge in [0, 0.05) is 18.3 Å². The fourth-order valence-corrected chi connectivity index (χ4v) is 7.55. The molecule has 142 valence electrons. The highest BCUT2D eigenvalue weighted by molar-refractivity contribution is 5.28. The van der Waals surface area contributed by atoms with Crippen LogP contribution in [0.5, 0.6) is 0 Å². The van der Waals surface area contributed by atoms with E-state index in [0.717, 1.165) is 58.2 Å². The molecule has 4 fully saturated rings. The van der Waals surface area contributed by atoms with Crippen LogP contribution in [0.4, 0.5) is 0 Å². The molecule has 0 aromatic carbocycles. The highest BCUT2D eigenvalue weighted by Crippen LogP contribution is 2.67. The molecule has 6 unspecified atom stereocenters. The number of nitriles is 1. The third-order valence-electron chi connectivity index (χ3n) is 9.26. The summed E-state index contributed by atoms with van der Waals surface area (Å²) in [5, 5.41) is 20.6. The van der Waals surface area contributed by atoms with Crippen molar-refractivity contribution in [3.05, 3.63) is 11.6 Å². The Kier molecular flexibility index (Phi) is 3.54. The third-order valence-corrected chi connectivity index (χ3v) is 9.26. The van der Waals surface area contributed by atoms with E-state index >= 15 is 0 Å². The van der Waals surface area contributed by atoms with Crippen molar-refractivity contribution in [2.24, 2.45) is 28.6 Å². The molecule has 0 aromatic rings. The van der Waals surface area contributed by atoms with Crippen molar-refractivity contribution in [1.29, 1.82) is 5.26 Å². The van der Waals surface area contributed by atoms with E-state index in [1.807, 2.05) is 0 Å². The van der Waals surface area contributed by atoms with Gasteiger partial charge in [0.25, 0.3) is 0 Å². The number of fused-ring (bicyclic) bond motifs is 5. The summed E-state index contributed by atoms with van der Waals surface area (Å²) in [4.78, 5) is 0. The van der Waals surface area contributed by atoms with E-state index in [9.17, 15) is 10.4 Å². The van der Waals surface area contributed by atoms with Gasteiger partial charge in [-0.2, -0.15) is 5.26 Å². The van der Waals surface area contributed by atoms with Gasteiger partial charge in [-0.15, -0.1) is 0 Å². The molecule has 6 atom stereocenters. The zero-order valence-electron chi connectivity index (χ0n) is 16.1. The number of rotatable bonds is 0. The average Bonchev–Trinajstić information content (AvgIpc) is 3.19. The predicted molar refractivity (Wildman–Crippen MR) is 96.9 cm³/mol. The summed E-state index contributed by atoms with van der Waals surface area (Å²) in [6.45, 7) is 6.10. The van der Waals surface area contributed by atoms with Gasteiger partial charge in [-0.3, -0.25) is 0 Å². The minimum absolute atomic E-state index is 0.234. The van der Waals surface area contributed by atoms with Crippen LogP contribution in [-0.2, 0) is 9.47 Å². The monoisotopic (exact) mass is 357 g/mol. The number of hydrogen-bond donors (Lipinski definition) is 1. The van der Waals surface area contributed by atoms with E-state index in [1.54, 1.807) is 5.57 Å². The van der Waals surface area contributed by atoms with Gasteiger partial charge in [-0.05, 0) is 61.7 Å². The Balaban J connectivity index is 1.47. The zero-order chi connectivity index (χ0) is 18.2. The molecule has 4 heteroatoms. The van der Waals surface area contributed by atoms with Crippen LogP contribution in [0.2, 0.25) is 0 Å². The molecule has 0 radical (unpaired) electrons. The summed E-state index contributed by atoms with van der Waals surface area (Å²) in [6, 6.07) is 2.28. The molecule has 1 heterocycles. The number of allylic oxidation sites excluding steroid dienone is 1. The predicted octanol–water partition coefficient (Wildman–Crippen LogP) is 3.95. The summed E-state index contributed by atoms with van der Waals surface area (Å²) < 4.78 is 12.0. The standard InChI is InChI=1S/C22H31NO3/c1-19-9-10-22(25-11-12-26-22)13-15(19)3-4-16-17(19)5-7-20(2)18(16)6-8-21(20,24)14-23/h3,16-18,24H,4-13H2,1-2H3. The maximum Gasteiger partial charge on any atom is 0.172 e. The normalized spacial score (nSPS) is 51.9. The minimum Gasteiger partial charge on any atom is -0.375 e. The first-order valence-electron chi connectivity index (χ1n) is 10.5. The van der Waals surface area contributed by atoms with Crippen LogP contribution in [0.15, 0.2) is 11.6 Å². The van der Waals surface area contributed by atoms with Crippen molar-refractivity contribution in [1.82, 2.24) is 0 Å². The largest absolute Gasteiger partial charge is 0.375 e. The van der Waals surface area contributed by atoms with E-state index in [4.69, 9.17) is 9.47 Å². The Morgan fingerprint density at radius 1 is 1.08 bits per heavy atom. The lowest BCUT2D eigenvalue weighted by atomic mass is 9.47. The minimum atomic E-state index is -1.13. The van der Waals surface area contributed by atoms with E-state index in [1.165, 1.54) is 0 Å². The fourth-order valence-electron chi connectivity index (χ4n) is 7.55. The number of ether oxygens (including phenoxy) is 2. The first kappa shape index (κ1) is 17.2. The van der Waals surface area contributed by atoms with E-state index in [0.29, 0.717) is 24.2 Å². The molecule has 1 N–H and O–H groups in total. The van der Waals surface area contributed by atoms with Crippen LogP contribution >= 0.6 is 0 Å². The molecular weight excluding hydrogens is 326 g/mol. The summed E-state index contributed by atoms with van der Waals surface area (Å²) in [5.74, 6) is 1.38. The SMILES string of the molecule is CC12CCC3(CC1=CCC1C2CCC2(C)C1CCC2(O)C#N)OCCO3. The maximum atomic E-state index is 11.0. The molecule has 5 aliphatic rings. The Bertz CT molecular complexity index is 690. The van der Waals surface area contributed by atoms with Gasteiger partial charge in [0.05, 0.1) is 19.3 Å². The number of hydrogen-bond acceptors (Lipinski definition) is 4. The Hall–Kier alpha value is -0.890. The van der Waals surface area contributed by atoms with Crippen molar-refractivity contribution in [2.45, 2.75) is 76.6 Å². The molecule has 4 aliphatic carbocycles. The Labute approximate surface area is 156 Å². The van der Waals surface area contributed by atoms with Crippen LogP contribution in [0.3, 0.4) is 0 Å². The summed E-state index contributed by atoms with van der Waals surface area (Å²) in [6.07, 6.45) is 10.4. The summed E-state index contributed by atoms with van der Waals surface area (Å²) in [5.41, 5.74) is 0.412. The lowest BCUT2D eigenvalue weighted by molar-refractivity contribution is -0.186. The van der Waals surface area contributed by atoms with Crippen molar-refractivity contribution >= 4 is 0 Å². The average molecular weight is 357 g/mol. The van der Waals surface area contributed by atoms with Crippen LogP contribution < -0.4 is 0 Å². The van der Waals surface area contributed by atoms with E-state index in [2.05, 4.69) is 26.0 Å². The molecular formula is C22H31NO3. The summed E-state index contributed by atoms with van der Waals surface area (Å²) in [7, 11) is 0. The van der Waals surface area contributed by atoms with Crippen molar-refractivity contribution in [2.75, 3.05) is 13.2 Å². The smallest absolute Gasteiger partial charge is 0.172 e. The van der Waals surface area contributed by atoms with Gasteiger partial charge < -0.3 is 14.6 Å².